The first-order chi connectivity index (χ1) is 14.1. The van der Waals surface area contributed by atoms with E-state index in [1.54, 1.807) is 0 Å². The van der Waals surface area contributed by atoms with Crippen molar-refractivity contribution >= 4 is 23.8 Å². The zero-order chi connectivity index (χ0) is 20.2. The molecule has 0 unspecified atom stereocenters. The summed E-state index contributed by atoms with van der Waals surface area (Å²) in [7, 11) is 0. The minimum atomic E-state index is -0.355. The maximum Gasteiger partial charge on any atom is 0.251 e. The number of nitrogens with zero attached hydrogens (tertiary/aromatic N) is 1. The van der Waals surface area contributed by atoms with Crippen LogP contribution in [0.4, 0.5) is 0 Å². The maximum absolute atomic E-state index is 12.3. The molecule has 29 heavy (non-hydrogen) atoms. The second kappa shape index (κ2) is 8.24. The van der Waals surface area contributed by atoms with Gasteiger partial charge in [-0.25, -0.2) is 5.43 Å². The summed E-state index contributed by atoms with van der Waals surface area (Å²) >= 11 is 4.93. The van der Waals surface area contributed by atoms with Crippen LogP contribution in [0.2, 0.25) is 0 Å². The molecule has 1 atom stereocenters. The predicted octanol–water partition coefficient (Wildman–Crippen LogP) is 3.02. The summed E-state index contributed by atoms with van der Waals surface area (Å²) in [5.74, 6) is 0.369. The molecule has 1 aliphatic heterocycles. The number of aromatic nitrogens is 2. The van der Waals surface area contributed by atoms with Crippen molar-refractivity contribution in [1.82, 2.24) is 15.4 Å². The zero-order valence-electron chi connectivity index (χ0n) is 15.3. The normalized spacial score (nSPS) is 16.7. The molecule has 0 fully saturated rings. The van der Waals surface area contributed by atoms with E-state index in [4.69, 9.17) is 17.0 Å². The molecular weight excluding hydrogens is 388 g/mol. The third-order valence-corrected chi connectivity index (χ3v) is 4.70. The molecule has 3 N–H and O–H groups in total. The number of para-hydroxylation sites is 1. The van der Waals surface area contributed by atoms with Crippen molar-refractivity contribution in [3.05, 3.63) is 92.6 Å². The number of aromatic amines is 2. The van der Waals surface area contributed by atoms with Gasteiger partial charge in [-0.05, 0) is 29.9 Å². The minimum absolute atomic E-state index is 0.0371. The first-order valence-electron chi connectivity index (χ1n) is 9.07. The van der Waals surface area contributed by atoms with Crippen molar-refractivity contribution in [2.45, 2.75) is 18.9 Å². The van der Waals surface area contributed by atoms with Crippen LogP contribution in [-0.2, 0) is 11.2 Å². The first-order valence-corrected chi connectivity index (χ1v) is 9.48. The van der Waals surface area contributed by atoms with Gasteiger partial charge in [0.2, 0.25) is 5.91 Å². The highest BCUT2D eigenvalue weighted by Crippen LogP contribution is 2.34. The van der Waals surface area contributed by atoms with Crippen LogP contribution in [-0.4, -0.2) is 21.6 Å². The third kappa shape index (κ3) is 4.49. The van der Waals surface area contributed by atoms with Crippen LogP contribution in [0.15, 0.2) is 70.6 Å². The Kier molecular flexibility index (Phi) is 5.35. The van der Waals surface area contributed by atoms with Crippen LogP contribution in [0.1, 0.15) is 29.3 Å². The smallest absolute Gasteiger partial charge is 0.251 e. The Morgan fingerprint density at radius 3 is 2.69 bits per heavy atom. The van der Waals surface area contributed by atoms with E-state index in [9.17, 15) is 9.59 Å². The number of H-pyrrole nitrogens is 2. The first kappa shape index (κ1) is 18.8. The minimum Gasteiger partial charge on any atom is -0.485 e. The van der Waals surface area contributed by atoms with Crippen LogP contribution in [0.5, 0.6) is 5.75 Å². The molecule has 8 heteroatoms. The molecule has 1 aliphatic rings. The van der Waals surface area contributed by atoms with Crippen LogP contribution in [0.25, 0.3) is 0 Å². The number of amides is 1. The summed E-state index contributed by atoms with van der Waals surface area (Å²) in [6.45, 7) is 0. The lowest BCUT2D eigenvalue weighted by Crippen LogP contribution is -2.26. The quantitative estimate of drug-likeness (QED) is 0.458. The highest BCUT2D eigenvalue weighted by Gasteiger charge is 2.26. The van der Waals surface area contributed by atoms with E-state index in [1.807, 2.05) is 54.6 Å². The van der Waals surface area contributed by atoms with E-state index in [2.05, 4.69) is 20.5 Å². The van der Waals surface area contributed by atoms with Gasteiger partial charge in [0.05, 0.1) is 12.1 Å². The number of carbonyl (C=O) groups is 1. The van der Waals surface area contributed by atoms with Crippen molar-refractivity contribution < 1.29 is 9.53 Å². The fraction of sp³-hybridized carbons (Fsp3) is 0.143. The summed E-state index contributed by atoms with van der Waals surface area (Å²) in [6, 6.07) is 18.8. The number of carbonyl (C=O) groups excluding carboxylic acids is 1. The van der Waals surface area contributed by atoms with Gasteiger partial charge in [-0.1, -0.05) is 42.5 Å². The van der Waals surface area contributed by atoms with E-state index in [1.165, 1.54) is 6.07 Å². The molecule has 0 spiro atoms. The largest absolute Gasteiger partial charge is 0.485 e. The summed E-state index contributed by atoms with van der Waals surface area (Å²) in [4.78, 5) is 29.0. The Bertz CT molecular complexity index is 1160. The molecule has 2 aromatic carbocycles. The molecule has 146 valence electrons. The Balaban J connectivity index is 1.55. The Hall–Kier alpha value is -3.52. The summed E-state index contributed by atoms with van der Waals surface area (Å²) in [6.07, 6.45) is 0.296. The SMILES string of the molecule is O=C(Cc1cc(=O)[nH]c(=S)[nH]1)N/N=C1/C[C@H](c2ccccc2)Oc2ccccc21. The van der Waals surface area contributed by atoms with Crippen LogP contribution in [0, 0.1) is 4.77 Å². The summed E-state index contributed by atoms with van der Waals surface area (Å²) in [5, 5.41) is 4.35. The van der Waals surface area contributed by atoms with E-state index < -0.39 is 0 Å². The molecule has 2 heterocycles. The van der Waals surface area contributed by atoms with Crippen molar-refractivity contribution in [2.24, 2.45) is 5.10 Å². The lowest BCUT2D eigenvalue weighted by molar-refractivity contribution is -0.120. The molecule has 1 amide bonds. The van der Waals surface area contributed by atoms with Gasteiger partial charge < -0.3 is 9.72 Å². The maximum atomic E-state index is 12.3. The summed E-state index contributed by atoms with van der Waals surface area (Å²) < 4.78 is 6.31. The fourth-order valence-corrected chi connectivity index (χ4v) is 3.44. The van der Waals surface area contributed by atoms with E-state index in [0.29, 0.717) is 12.1 Å². The average molecular weight is 406 g/mol. The fourth-order valence-electron chi connectivity index (χ4n) is 3.20. The molecular formula is C21H18N4O3S. The monoisotopic (exact) mass is 406 g/mol. The second-order valence-corrected chi connectivity index (χ2v) is 7.01. The predicted molar refractivity (Wildman–Crippen MR) is 112 cm³/mol. The average Bonchev–Trinajstić information content (AvgIpc) is 2.71. The Labute approximate surface area is 171 Å². The number of nitrogens with one attached hydrogen (secondary N) is 3. The molecule has 1 aromatic heterocycles. The van der Waals surface area contributed by atoms with Gasteiger partial charge in [0.15, 0.2) is 4.77 Å². The lowest BCUT2D eigenvalue weighted by atomic mass is 9.96. The van der Waals surface area contributed by atoms with Gasteiger partial charge in [0.1, 0.15) is 11.9 Å². The number of ether oxygens (including phenoxy) is 1. The molecule has 0 aliphatic carbocycles. The van der Waals surface area contributed by atoms with Crippen molar-refractivity contribution in [3.8, 4) is 5.75 Å². The second-order valence-electron chi connectivity index (χ2n) is 6.60. The highest BCUT2D eigenvalue weighted by atomic mass is 32.1. The van der Waals surface area contributed by atoms with Crippen molar-refractivity contribution in [3.63, 3.8) is 0 Å². The lowest BCUT2D eigenvalue weighted by Gasteiger charge is -2.27. The number of hydrogen-bond acceptors (Lipinski definition) is 5. The molecule has 0 radical (unpaired) electrons. The van der Waals surface area contributed by atoms with Crippen LogP contribution < -0.4 is 15.7 Å². The van der Waals surface area contributed by atoms with Gasteiger partial charge in [-0.2, -0.15) is 5.10 Å². The molecule has 3 aromatic rings. The third-order valence-electron chi connectivity index (χ3n) is 4.50. The Morgan fingerprint density at radius 1 is 1.14 bits per heavy atom. The van der Waals surface area contributed by atoms with Crippen LogP contribution in [0.3, 0.4) is 0 Å². The zero-order valence-corrected chi connectivity index (χ0v) is 16.2. The number of benzene rings is 2. The van der Waals surface area contributed by atoms with Gasteiger partial charge in [0.25, 0.3) is 5.56 Å². The summed E-state index contributed by atoms with van der Waals surface area (Å²) in [5.41, 5.74) is 5.26. The van der Waals surface area contributed by atoms with E-state index >= 15 is 0 Å². The van der Waals surface area contributed by atoms with Gasteiger partial charge in [0, 0.05) is 23.7 Å². The Morgan fingerprint density at radius 2 is 1.90 bits per heavy atom. The molecule has 4 rings (SSSR count). The van der Waals surface area contributed by atoms with Crippen molar-refractivity contribution in [1.29, 1.82) is 0 Å². The molecule has 7 nitrogen and oxygen atoms in total. The van der Waals surface area contributed by atoms with Gasteiger partial charge in [-0.15, -0.1) is 0 Å². The van der Waals surface area contributed by atoms with Gasteiger partial charge >= 0.3 is 0 Å². The standard InChI is InChI=1S/C21H18N4O3S/c26-19-10-14(22-21(29)23-19)11-20(27)25-24-16-12-18(13-6-2-1-3-7-13)28-17-9-5-4-8-15(16)17/h1-10,18H,11-12H2,(H,25,27)(H2,22,23,26,29)/b24-16-/t18-/m1/s1. The molecule has 0 saturated heterocycles. The highest BCUT2D eigenvalue weighted by molar-refractivity contribution is 7.71. The van der Waals surface area contributed by atoms with Gasteiger partial charge in [-0.3, -0.25) is 14.6 Å². The topological polar surface area (TPSA) is 99.3 Å². The van der Waals surface area contributed by atoms with Crippen LogP contribution >= 0.6 is 12.2 Å². The number of rotatable bonds is 4. The molecule has 0 bridgehead atoms. The number of fused-ring (bicyclic) bond motifs is 1. The van der Waals surface area contributed by atoms with E-state index in [-0.39, 0.29) is 28.8 Å². The van der Waals surface area contributed by atoms with E-state index in [0.717, 1.165) is 22.6 Å². The number of hydrazone groups is 1. The molecule has 0 saturated carbocycles. The number of hydrogen-bond donors (Lipinski definition) is 3. The van der Waals surface area contributed by atoms with Crippen molar-refractivity contribution in [2.75, 3.05) is 0 Å².